The van der Waals surface area contributed by atoms with Crippen LogP contribution in [0.3, 0.4) is 0 Å². The molecule has 0 aliphatic rings. The normalized spacial score (nSPS) is 10.2. The molecule has 0 unspecified atom stereocenters. The predicted octanol–water partition coefficient (Wildman–Crippen LogP) is 0.0480. The molecule has 0 saturated carbocycles. The molecule has 0 aliphatic heterocycles. The smallest absolute Gasteiger partial charge is 0.276 e. The number of aromatic nitrogens is 6. The van der Waals surface area contributed by atoms with E-state index in [2.05, 4.69) is 25.6 Å². The molecular formula is C4H4N6S. The zero-order valence-electron chi connectivity index (χ0n) is 5.35. The number of hydrogen-bond acceptors (Lipinski definition) is 4. The van der Waals surface area contributed by atoms with Gasteiger partial charge in [0.1, 0.15) is 0 Å². The van der Waals surface area contributed by atoms with Gasteiger partial charge in [0, 0.05) is 12.4 Å². The topological polar surface area (TPSA) is 75.2 Å². The molecule has 0 fully saturated rings. The van der Waals surface area contributed by atoms with E-state index >= 15 is 0 Å². The summed E-state index contributed by atoms with van der Waals surface area (Å²) < 4.78 is 2.16. The van der Waals surface area contributed by atoms with Gasteiger partial charge in [-0.2, -0.15) is 5.21 Å². The monoisotopic (exact) mass is 168 g/mol. The molecular weight excluding hydrogens is 164 g/mol. The second kappa shape index (κ2) is 2.27. The number of aromatic amines is 2. The van der Waals surface area contributed by atoms with Crippen LogP contribution in [0.1, 0.15) is 0 Å². The van der Waals surface area contributed by atoms with E-state index in [0.717, 1.165) is 0 Å². The highest BCUT2D eigenvalue weighted by Gasteiger charge is 1.99. The molecule has 0 radical (unpaired) electrons. The van der Waals surface area contributed by atoms with E-state index in [1.807, 2.05) is 0 Å². The summed E-state index contributed by atoms with van der Waals surface area (Å²) in [6.45, 7) is 0. The van der Waals surface area contributed by atoms with Crippen LogP contribution >= 0.6 is 12.2 Å². The molecule has 56 valence electrons. The van der Waals surface area contributed by atoms with Crippen LogP contribution < -0.4 is 0 Å². The van der Waals surface area contributed by atoms with Crippen molar-refractivity contribution in [3.63, 3.8) is 0 Å². The van der Waals surface area contributed by atoms with E-state index in [9.17, 15) is 0 Å². The summed E-state index contributed by atoms with van der Waals surface area (Å²) >= 11 is 4.92. The first-order chi connectivity index (χ1) is 5.38. The van der Waals surface area contributed by atoms with Gasteiger partial charge in [-0.05, 0) is 17.4 Å². The number of rotatable bonds is 1. The zero-order valence-corrected chi connectivity index (χ0v) is 6.17. The minimum atomic E-state index is 0.441. The van der Waals surface area contributed by atoms with Crippen molar-refractivity contribution in [1.82, 2.24) is 30.2 Å². The zero-order chi connectivity index (χ0) is 7.68. The van der Waals surface area contributed by atoms with Gasteiger partial charge in [-0.3, -0.25) is 4.57 Å². The second-order valence-electron chi connectivity index (χ2n) is 1.85. The molecule has 2 heterocycles. The van der Waals surface area contributed by atoms with Crippen LogP contribution in [0.15, 0.2) is 12.4 Å². The van der Waals surface area contributed by atoms with Crippen LogP contribution in [0.4, 0.5) is 0 Å². The number of tetrazole rings is 1. The maximum atomic E-state index is 4.92. The summed E-state index contributed by atoms with van der Waals surface area (Å²) in [5, 5.41) is 13.2. The molecule has 2 aromatic heterocycles. The molecule has 0 aliphatic carbocycles. The van der Waals surface area contributed by atoms with Crippen molar-refractivity contribution in [2.75, 3.05) is 0 Å². The van der Waals surface area contributed by atoms with Gasteiger partial charge >= 0.3 is 0 Å². The number of nitrogens with zero attached hydrogens (tertiary/aromatic N) is 4. The Bertz CT molecular complexity index is 383. The summed E-state index contributed by atoms with van der Waals surface area (Å²) in [7, 11) is 0. The summed E-state index contributed by atoms with van der Waals surface area (Å²) in [5.74, 6) is 0.441. The molecule has 0 amide bonds. The first kappa shape index (κ1) is 6.23. The van der Waals surface area contributed by atoms with E-state index in [0.29, 0.717) is 10.7 Å². The SMILES string of the molecule is S=c1[nH]ccn1-c1nn[nH]n1. The molecule has 6 nitrogen and oxygen atoms in total. The molecule has 11 heavy (non-hydrogen) atoms. The van der Waals surface area contributed by atoms with E-state index in [1.54, 1.807) is 17.0 Å². The fraction of sp³-hybridized carbons (Fsp3) is 0. The van der Waals surface area contributed by atoms with Crippen LogP contribution in [0.25, 0.3) is 5.95 Å². The average molecular weight is 168 g/mol. The van der Waals surface area contributed by atoms with Crippen LogP contribution in [0.5, 0.6) is 0 Å². The molecule has 2 N–H and O–H groups in total. The van der Waals surface area contributed by atoms with Crippen molar-refractivity contribution in [3.05, 3.63) is 17.2 Å². The Hall–Kier alpha value is -1.50. The van der Waals surface area contributed by atoms with Crippen molar-refractivity contribution in [2.24, 2.45) is 0 Å². The first-order valence-electron chi connectivity index (χ1n) is 2.88. The van der Waals surface area contributed by atoms with Crippen LogP contribution in [-0.2, 0) is 0 Å². The van der Waals surface area contributed by atoms with E-state index in [1.165, 1.54) is 0 Å². The Morgan fingerprint density at radius 1 is 1.55 bits per heavy atom. The highest BCUT2D eigenvalue weighted by Crippen LogP contribution is 1.96. The highest BCUT2D eigenvalue weighted by atomic mass is 32.1. The standard InChI is InChI=1S/C4H4N6S/c11-4-5-1-2-10(4)3-6-8-9-7-3/h1-2H,(H,5,11)(H,6,7,8,9). The number of nitrogens with one attached hydrogen (secondary N) is 2. The van der Waals surface area contributed by atoms with Gasteiger partial charge in [0.25, 0.3) is 5.95 Å². The van der Waals surface area contributed by atoms with E-state index in [-0.39, 0.29) is 0 Å². The third-order valence-electron chi connectivity index (χ3n) is 1.20. The molecule has 7 heteroatoms. The Balaban J connectivity index is 2.62. The molecule has 0 bridgehead atoms. The summed E-state index contributed by atoms with van der Waals surface area (Å²) in [5.41, 5.74) is 0. The number of H-pyrrole nitrogens is 2. The Morgan fingerprint density at radius 2 is 2.45 bits per heavy atom. The van der Waals surface area contributed by atoms with E-state index in [4.69, 9.17) is 12.2 Å². The Labute approximate surface area is 66.3 Å². The summed E-state index contributed by atoms with van der Waals surface area (Å²) in [6, 6.07) is 0. The molecule has 0 aromatic carbocycles. The predicted molar refractivity (Wildman–Crippen MR) is 38.7 cm³/mol. The van der Waals surface area contributed by atoms with Gasteiger partial charge < -0.3 is 4.98 Å². The lowest BCUT2D eigenvalue weighted by Crippen LogP contribution is -1.94. The molecule has 0 atom stereocenters. The minimum Gasteiger partial charge on any atom is -0.337 e. The van der Waals surface area contributed by atoms with Gasteiger partial charge in [-0.15, -0.1) is 5.10 Å². The third-order valence-corrected chi connectivity index (χ3v) is 1.51. The van der Waals surface area contributed by atoms with Gasteiger partial charge in [-0.1, -0.05) is 5.10 Å². The lowest BCUT2D eigenvalue weighted by atomic mass is 10.9. The van der Waals surface area contributed by atoms with Crippen LogP contribution in [0.2, 0.25) is 0 Å². The summed E-state index contributed by atoms with van der Waals surface area (Å²) in [6.07, 6.45) is 3.44. The van der Waals surface area contributed by atoms with Gasteiger partial charge in [0.2, 0.25) is 0 Å². The van der Waals surface area contributed by atoms with E-state index < -0.39 is 0 Å². The fourth-order valence-electron chi connectivity index (χ4n) is 0.736. The average Bonchev–Trinajstić information content (AvgIpc) is 2.55. The quantitative estimate of drug-likeness (QED) is 0.590. The lowest BCUT2D eigenvalue weighted by molar-refractivity contribution is 0.881. The first-order valence-corrected chi connectivity index (χ1v) is 3.28. The van der Waals surface area contributed by atoms with Crippen molar-refractivity contribution >= 4 is 12.2 Å². The molecule has 0 saturated heterocycles. The third kappa shape index (κ3) is 0.944. The van der Waals surface area contributed by atoms with Gasteiger partial charge in [-0.25, -0.2) is 0 Å². The van der Waals surface area contributed by atoms with Crippen molar-refractivity contribution in [2.45, 2.75) is 0 Å². The molecule has 2 rings (SSSR count). The van der Waals surface area contributed by atoms with Gasteiger partial charge in [0.15, 0.2) is 4.77 Å². The lowest BCUT2D eigenvalue weighted by Gasteiger charge is -1.88. The van der Waals surface area contributed by atoms with Crippen molar-refractivity contribution < 1.29 is 0 Å². The Morgan fingerprint density at radius 3 is 3.00 bits per heavy atom. The second-order valence-corrected chi connectivity index (χ2v) is 2.23. The molecule has 2 aromatic rings. The maximum Gasteiger partial charge on any atom is 0.276 e. The minimum absolute atomic E-state index is 0.441. The van der Waals surface area contributed by atoms with Crippen molar-refractivity contribution in [3.8, 4) is 5.95 Å². The van der Waals surface area contributed by atoms with Crippen LogP contribution in [0, 0.1) is 4.77 Å². The number of imidazole rings is 1. The molecule has 0 spiro atoms. The highest BCUT2D eigenvalue weighted by molar-refractivity contribution is 7.71. The fourth-order valence-corrected chi connectivity index (χ4v) is 0.947. The van der Waals surface area contributed by atoms with Gasteiger partial charge in [0.05, 0.1) is 0 Å². The maximum absolute atomic E-state index is 4.92. The number of hydrogen-bond donors (Lipinski definition) is 2. The van der Waals surface area contributed by atoms with Crippen LogP contribution in [-0.4, -0.2) is 30.2 Å². The Kier molecular flexibility index (Phi) is 1.29. The van der Waals surface area contributed by atoms with Crippen molar-refractivity contribution in [1.29, 1.82) is 0 Å². The largest absolute Gasteiger partial charge is 0.337 e. The summed E-state index contributed by atoms with van der Waals surface area (Å²) in [4.78, 5) is 2.81.